The van der Waals surface area contributed by atoms with E-state index in [4.69, 9.17) is 0 Å². The van der Waals surface area contributed by atoms with Crippen LogP contribution in [-0.2, 0) is 9.59 Å². The van der Waals surface area contributed by atoms with E-state index in [2.05, 4.69) is 0 Å². The minimum Gasteiger partial charge on any atom is -0.318 e. The van der Waals surface area contributed by atoms with Crippen molar-refractivity contribution >= 4 is 17.8 Å². The Hall–Kier alpha value is -1.80. The molecule has 1 saturated heterocycles. The van der Waals surface area contributed by atoms with Crippen molar-refractivity contribution in [2.24, 2.45) is 5.92 Å². The Kier molecular flexibility index (Phi) is 5.39. The van der Waals surface area contributed by atoms with E-state index in [1.807, 2.05) is 0 Å². The summed E-state index contributed by atoms with van der Waals surface area (Å²) < 4.78 is 40.8. The Labute approximate surface area is 138 Å². The van der Waals surface area contributed by atoms with Crippen molar-refractivity contribution in [3.05, 3.63) is 0 Å². The molecule has 1 heterocycles. The number of amides is 4. The normalized spacial score (nSPS) is 25.8. The van der Waals surface area contributed by atoms with Crippen molar-refractivity contribution in [3.8, 4) is 0 Å². The van der Waals surface area contributed by atoms with E-state index in [1.54, 1.807) is 17.6 Å². The molecule has 1 saturated carbocycles. The van der Waals surface area contributed by atoms with E-state index in [1.165, 1.54) is 0 Å². The first-order valence-corrected chi connectivity index (χ1v) is 8.26. The fourth-order valence-electron chi connectivity index (χ4n) is 3.09. The van der Waals surface area contributed by atoms with Crippen LogP contribution in [0.1, 0.15) is 51.9 Å². The highest BCUT2D eigenvalue weighted by molar-refractivity contribution is 6.09. The lowest BCUT2D eigenvalue weighted by Gasteiger charge is -2.32. The first-order chi connectivity index (χ1) is 11.2. The van der Waals surface area contributed by atoms with Gasteiger partial charge in [-0.3, -0.25) is 19.8 Å². The predicted octanol–water partition coefficient (Wildman–Crippen LogP) is 2.29. The van der Waals surface area contributed by atoms with Gasteiger partial charge in [-0.25, -0.2) is 4.79 Å². The third-order valence-electron chi connectivity index (χ3n) is 4.55. The number of nitrogens with zero attached hydrogens (tertiary/aromatic N) is 1. The van der Waals surface area contributed by atoms with Crippen LogP contribution in [0.2, 0.25) is 0 Å². The second-order valence-corrected chi connectivity index (χ2v) is 6.31. The molecule has 0 aromatic carbocycles. The second-order valence-electron chi connectivity index (χ2n) is 6.31. The highest BCUT2D eigenvalue weighted by Gasteiger charge is 2.68. The quantitative estimate of drug-likeness (QED) is 0.748. The number of unbranched alkanes of at least 4 members (excludes halogenated alkanes) is 1. The van der Waals surface area contributed by atoms with Crippen LogP contribution >= 0.6 is 0 Å². The van der Waals surface area contributed by atoms with Crippen LogP contribution in [0.15, 0.2) is 0 Å². The van der Waals surface area contributed by atoms with E-state index in [9.17, 15) is 27.6 Å². The molecule has 0 unspecified atom stereocenters. The molecule has 2 rings (SSSR count). The largest absolute Gasteiger partial charge is 0.440 e. The minimum atomic E-state index is -5.12. The average molecular weight is 349 g/mol. The zero-order chi connectivity index (χ0) is 18.0. The number of carbonyl (C=O) groups is 3. The summed E-state index contributed by atoms with van der Waals surface area (Å²) in [4.78, 5) is 36.9. The van der Waals surface area contributed by atoms with Gasteiger partial charge < -0.3 is 5.32 Å². The molecule has 0 radical (unpaired) electrons. The maximum Gasteiger partial charge on any atom is 0.440 e. The van der Waals surface area contributed by atoms with Gasteiger partial charge in [0.25, 0.3) is 11.6 Å². The van der Waals surface area contributed by atoms with E-state index < -0.39 is 35.6 Å². The second kappa shape index (κ2) is 6.98. The standard InChI is InChI=1S/C15H22F3N3O3/c1-2-3-9-21-12(23)14(15(16,17)18,20-13(21)24)19-11(22)10-7-5-4-6-8-10/h10H,2-9H2,1H3,(H,19,22)(H,20,24)/t14-/m0/s1. The highest BCUT2D eigenvalue weighted by Crippen LogP contribution is 2.35. The summed E-state index contributed by atoms with van der Waals surface area (Å²) >= 11 is 0. The van der Waals surface area contributed by atoms with Crippen LogP contribution in [-0.4, -0.2) is 41.1 Å². The third kappa shape index (κ3) is 3.34. The lowest BCUT2D eigenvalue weighted by Crippen LogP contribution is -2.70. The number of alkyl halides is 3. The fourth-order valence-corrected chi connectivity index (χ4v) is 3.09. The number of rotatable bonds is 5. The summed E-state index contributed by atoms with van der Waals surface area (Å²) in [5.41, 5.74) is -3.35. The van der Waals surface area contributed by atoms with Gasteiger partial charge in [0.15, 0.2) is 0 Å². The van der Waals surface area contributed by atoms with Crippen molar-refractivity contribution in [1.82, 2.24) is 15.5 Å². The van der Waals surface area contributed by atoms with Gasteiger partial charge in [-0.15, -0.1) is 0 Å². The van der Waals surface area contributed by atoms with Crippen molar-refractivity contribution in [2.75, 3.05) is 6.54 Å². The van der Waals surface area contributed by atoms with Gasteiger partial charge in [0.05, 0.1) is 0 Å². The molecule has 1 aliphatic heterocycles. The number of hydrogen-bond acceptors (Lipinski definition) is 3. The minimum absolute atomic E-state index is 0.113. The van der Waals surface area contributed by atoms with E-state index in [-0.39, 0.29) is 6.54 Å². The maximum absolute atomic E-state index is 13.6. The highest BCUT2D eigenvalue weighted by atomic mass is 19.4. The molecule has 24 heavy (non-hydrogen) atoms. The van der Waals surface area contributed by atoms with Crippen LogP contribution in [0.3, 0.4) is 0 Å². The molecular weight excluding hydrogens is 327 g/mol. The number of halogens is 3. The third-order valence-corrected chi connectivity index (χ3v) is 4.55. The number of hydrogen-bond donors (Lipinski definition) is 2. The molecule has 0 spiro atoms. The van der Waals surface area contributed by atoms with Gasteiger partial charge in [-0.05, 0) is 19.3 Å². The number of carbonyl (C=O) groups excluding carboxylic acids is 3. The van der Waals surface area contributed by atoms with Crippen molar-refractivity contribution < 1.29 is 27.6 Å². The summed E-state index contributed by atoms with van der Waals surface area (Å²) in [5, 5.41) is 3.47. The Morgan fingerprint density at radius 1 is 1.29 bits per heavy atom. The fraction of sp³-hybridized carbons (Fsp3) is 0.800. The lowest BCUT2D eigenvalue weighted by atomic mass is 9.88. The zero-order valence-corrected chi connectivity index (χ0v) is 13.5. The molecule has 1 atom stereocenters. The monoisotopic (exact) mass is 349 g/mol. The van der Waals surface area contributed by atoms with Crippen molar-refractivity contribution in [1.29, 1.82) is 0 Å². The van der Waals surface area contributed by atoms with E-state index in [0.29, 0.717) is 30.6 Å². The molecule has 0 aromatic heterocycles. The molecule has 0 aromatic rings. The summed E-state index contributed by atoms with van der Waals surface area (Å²) in [6.45, 7) is 1.68. The summed E-state index contributed by atoms with van der Waals surface area (Å²) in [5.74, 6) is -2.86. The molecular formula is C15H22F3N3O3. The molecule has 2 aliphatic rings. The number of nitrogens with one attached hydrogen (secondary N) is 2. The van der Waals surface area contributed by atoms with E-state index >= 15 is 0 Å². The Balaban J connectivity index is 2.23. The molecule has 6 nitrogen and oxygen atoms in total. The molecule has 2 fully saturated rings. The van der Waals surface area contributed by atoms with Gasteiger partial charge in [-0.1, -0.05) is 32.6 Å². The Bertz CT molecular complexity index is 518. The topological polar surface area (TPSA) is 78.5 Å². The predicted molar refractivity (Wildman–Crippen MR) is 78.7 cm³/mol. The van der Waals surface area contributed by atoms with E-state index in [0.717, 1.165) is 19.3 Å². The lowest BCUT2D eigenvalue weighted by molar-refractivity contribution is -0.204. The Morgan fingerprint density at radius 3 is 2.46 bits per heavy atom. The van der Waals surface area contributed by atoms with Crippen molar-refractivity contribution in [2.45, 2.75) is 63.7 Å². The number of urea groups is 1. The van der Waals surface area contributed by atoms with Crippen LogP contribution in [0.25, 0.3) is 0 Å². The van der Waals surface area contributed by atoms with Crippen molar-refractivity contribution in [3.63, 3.8) is 0 Å². The molecule has 1 aliphatic carbocycles. The van der Waals surface area contributed by atoms with Gasteiger partial charge in [0.2, 0.25) is 5.91 Å². The average Bonchev–Trinajstić information content (AvgIpc) is 2.77. The van der Waals surface area contributed by atoms with Gasteiger partial charge in [0.1, 0.15) is 0 Å². The molecule has 4 amide bonds. The summed E-state index contributed by atoms with van der Waals surface area (Å²) in [7, 11) is 0. The summed E-state index contributed by atoms with van der Waals surface area (Å²) in [6.07, 6.45) is -0.670. The van der Waals surface area contributed by atoms with Gasteiger partial charge in [-0.2, -0.15) is 13.2 Å². The van der Waals surface area contributed by atoms with Crippen LogP contribution in [0, 0.1) is 5.92 Å². The van der Waals surface area contributed by atoms with Gasteiger partial charge in [0, 0.05) is 12.5 Å². The molecule has 2 N–H and O–H groups in total. The SMILES string of the molecule is CCCCN1C(=O)N[C@](NC(=O)C2CCCCC2)(C(F)(F)F)C1=O. The Morgan fingerprint density at radius 2 is 1.92 bits per heavy atom. The van der Waals surface area contributed by atoms with Crippen LogP contribution in [0.5, 0.6) is 0 Å². The van der Waals surface area contributed by atoms with Crippen LogP contribution in [0.4, 0.5) is 18.0 Å². The van der Waals surface area contributed by atoms with Crippen LogP contribution < -0.4 is 10.6 Å². The first-order valence-electron chi connectivity index (χ1n) is 8.26. The maximum atomic E-state index is 13.6. The smallest absolute Gasteiger partial charge is 0.318 e. The van der Waals surface area contributed by atoms with Gasteiger partial charge >= 0.3 is 12.2 Å². The molecule has 136 valence electrons. The first kappa shape index (κ1) is 18.5. The molecule has 9 heteroatoms. The number of imide groups is 1. The zero-order valence-electron chi connectivity index (χ0n) is 13.5. The summed E-state index contributed by atoms with van der Waals surface area (Å²) in [6, 6.07) is -1.13. The molecule has 0 bridgehead atoms.